The van der Waals surface area contributed by atoms with Gasteiger partial charge in [-0.3, -0.25) is 4.72 Å². The fourth-order valence-corrected chi connectivity index (χ4v) is 5.89. The summed E-state index contributed by atoms with van der Waals surface area (Å²) in [6.45, 7) is 2.38. The van der Waals surface area contributed by atoms with Gasteiger partial charge in [0.15, 0.2) is 11.0 Å². The molecule has 0 aliphatic carbocycles. The van der Waals surface area contributed by atoms with E-state index in [1.165, 1.54) is 23.4 Å². The molecule has 3 aromatic carbocycles. The van der Waals surface area contributed by atoms with Crippen LogP contribution in [0.25, 0.3) is 10.9 Å². The van der Waals surface area contributed by atoms with Crippen LogP contribution in [0.15, 0.2) is 65.7 Å². The van der Waals surface area contributed by atoms with Gasteiger partial charge in [-0.2, -0.15) is 0 Å². The number of rotatable bonds is 8. The molecule has 0 saturated carbocycles. The van der Waals surface area contributed by atoms with E-state index >= 15 is 0 Å². The topological polar surface area (TPSA) is 57.4 Å². The number of para-hydroxylation sites is 1. The second kappa shape index (κ2) is 10.5. The molecule has 35 heavy (non-hydrogen) atoms. The molecule has 1 atom stereocenters. The van der Waals surface area contributed by atoms with E-state index in [-0.39, 0.29) is 4.90 Å². The maximum Gasteiger partial charge on any atom is 0.153 e. The predicted octanol–water partition coefficient (Wildman–Crippen LogP) is 6.97. The summed E-state index contributed by atoms with van der Waals surface area (Å²) in [5, 5.41) is 1.55. The third-order valence-corrected chi connectivity index (χ3v) is 7.84. The molecular formula is C26H24Cl2FN3O2S. The summed E-state index contributed by atoms with van der Waals surface area (Å²) in [5.41, 5.74) is 3.79. The Kier molecular flexibility index (Phi) is 7.18. The summed E-state index contributed by atoms with van der Waals surface area (Å²) in [4.78, 5) is 5.42. The van der Waals surface area contributed by atoms with E-state index in [1.54, 1.807) is 24.4 Å². The van der Waals surface area contributed by atoms with E-state index < -0.39 is 16.8 Å². The lowest BCUT2D eigenvalue weighted by atomic mass is 10.0. The average Bonchev–Trinajstić information content (AvgIpc) is 3.26. The monoisotopic (exact) mass is 531 g/mol. The first kappa shape index (κ1) is 24.0. The van der Waals surface area contributed by atoms with E-state index in [9.17, 15) is 8.60 Å². The van der Waals surface area contributed by atoms with E-state index in [0.717, 1.165) is 32.4 Å². The van der Waals surface area contributed by atoms with Crippen LogP contribution in [-0.2, 0) is 17.4 Å². The van der Waals surface area contributed by atoms with E-state index in [4.69, 9.17) is 27.9 Å². The van der Waals surface area contributed by atoms with Crippen LogP contribution in [0.1, 0.15) is 18.4 Å². The van der Waals surface area contributed by atoms with Crippen molar-refractivity contribution < 1.29 is 13.3 Å². The van der Waals surface area contributed by atoms with Gasteiger partial charge in [0.1, 0.15) is 11.6 Å². The van der Waals surface area contributed by atoms with Gasteiger partial charge < -0.3 is 14.6 Å². The molecule has 1 unspecified atom stereocenters. The van der Waals surface area contributed by atoms with Gasteiger partial charge in [-0.1, -0.05) is 41.4 Å². The molecule has 0 spiro atoms. The molecule has 0 saturated heterocycles. The van der Waals surface area contributed by atoms with Crippen molar-refractivity contribution in [3.05, 3.63) is 82.2 Å². The van der Waals surface area contributed by atoms with Crippen LogP contribution in [-0.4, -0.2) is 28.9 Å². The number of nitrogens with one attached hydrogen (secondary N) is 2. The van der Waals surface area contributed by atoms with Gasteiger partial charge in [-0.15, -0.1) is 0 Å². The number of benzene rings is 3. The van der Waals surface area contributed by atoms with Crippen LogP contribution in [0.2, 0.25) is 10.0 Å². The summed E-state index contributed by atoms with van der Waals surface area (Å²) < 4.78 is 36.2. The highest BCUT2D eigenvalue weighted by atomic mass is 35.5. The zero-order valence-corrected chi connectivity index (χ0v) is 21.2. The lowest BCUT2D eigenvalue weighted by Crippen LogP contribution is -2.31. The van der Waals surface area contributed by atoms with Crippen LogP contribution in [0.4, 0.5) is 15.8 Å². The minimum Gasteiger partial charge on any atom is -0.493 e. The fraction of sp³-hybridized carbons (Fsp3) is 0.231. The molecule has 0 amide bonds. The number of aryl methyl sites for hydroxylation is 1. The van der Waals surface area contributed by atoms with Crippen LogP contribution >= 0.6 is 23.2 Å². The first-order valence-electron chi connectivity index (χ1n) is 11.4. The van der Waals surface area contributed by atoms with Gasteiger partial charge in [-0.05, 0) is 55.2 Å². The van der Waals surface area contributed by atoms with Crippen molar-refractivity contribution in [3.63, 3.8) is 0 Å². The Labute approximate surface area is 215 Å². The number of halogens is 3. The highest BCUT2D eigenvalue weighted by Gasteiger charge is 2.17. The summed E-state index contributed by atoms with van der Waals surface area (Å²) in [6, 6.07) is 16.2. The summed E-state index contributed by atoms with van der Waals surface area (Å²) in [7, 11) is -1.83. The van der Waals surface area contributed by atoms with Crippen LogP contribution in [0, 0.1) is 5.82 Å². The van der Waals surface area contributed by atoms with Gasteiger partial charge in [0, 0.05) is 36.4 Å². The lowest BCUT2D eigenvalue weighted by Gasteiger charge is -2.31. The Morgan fingerprint density at radius 1 is 1.11 bits per heavy atom. The largest absolute Gasteiger partial charge is 0.493 e. The van der Waals surface area contributed by atoms with Crippen molar-refractivity contribution in [1.29, 1.82) is 0 Å². The minimum absolute atomic E-state index is 0.0306. The molecule has 1 aromatic heterocycles. The Hall–Kier alpha value is -2.74. The van der Waals surface area contributed by atoms with Crippen LogP contribution in [0.5, 0.6) is 5.75 Å². The number of anilines is 2. The zero-order valence-electron chi connectivity index (χ0n) is 18.8. The second-order valence-corrected chi connectivity index (χ2v) is 10.4. The Balaban J connectivity index is 1.19. The van der Waals surface area contributed by atoms with Crippen molar-refractivity contribution >= 4 is 56.5 Å². The molecule has 4 aromatic rings. The van der Waals surface area contributed by atoms with Crippen LogP contribution < -0.4 is 14.4 Å². The molecule has 9 heteroatoms. The van der Waals surface area contributed by atoms with Gasteiger partial charge in [0.2, 0.25) is 0 Å². The number of aromatic nitrogens is 1. The molecule has 0 bridgehead atoms. The highest BCUT2D eigenvalue weighted by Crippen LogP contribution is 2.35. The lowest BCUT2D eigenvalue weighted by molar-refractivity contribution is 0.309. The third kappa shape index (κ3) is 5.13. The molecule has 5 nitrogen and oxygen atoms in total. The number of aromatic amines is 1. The van der Waals surface area contributed by atoms with Crippen molar-refractivity contribution in [2.45, 2.75) is 24.2 Å². The second-order valence-electron chi connectivity index (χ2n) is 8.37. The smallest absolute Gasteiger partial charge is 0.153 e. The van der Waals surface area contributed by atoms with Gasteiger partial charge in [-0.25, -0.2) is 8.60 Å². The Morgan fingerprint density at radius 3 is 2.83 bits per heavy atom. The SMILES string of the molecule is O=S(Nc1ccc(Cl)c2c(Cl)c[nH]c12)c1ccc(OCCCN2CCCc3ccccc32)cc1F. The van der Waals surface area contributed by atoms with Crippen molar-refractivity contribution in [3.8, 4) is 5.75 Å². The minimum atomic E-state index is -1.83. The van der Waals surface area contributed by atoms with Gasteiger partial charge in [0.05, 0.1) is 32.8 Å². The molecule has 0 radical (unpaired) electrons. The molecule has 0 fully saturated rings. The zero-order chi connectivity index (χ0) is 24.4. The van der Waals surface area contributed by atoms with Crippen molar-refractivity contribution in [1.82, 2.24) is 4.98 Å². The summed E-state index contributed by atoms with van der Waals surface area (Å²) in [6.07, 6.45) is 4.68. The van der Waals surface area contributed by atoms with Gasteiger partial charge >= 0.3 is 0 Å². The number of hydrogen-bond donors (Lipinski definition) is 2. The highest BCUT2D eigenvalue weighted by molar-refractivity contribution is 7.86. The van der Waals surface area contributed by atoms with Crippen molar-refractivity contribution in [2.24, 2.45) is 0 Å². The first-order valence-corrected chi connectivity index (χ1v) is 13.3. The molecule has 1 aliphatic heterocycles. The number of ether oxygens (including phenoxy) is 1. The summed E-state index contributed by atoms with van der Waals surface area (Å²) >= 11 is 12.4. The number of nitrogens with zero attached hydrogens (tertiary/aromatic N) is 1. The normalized spacial score (nSPS) is 14.1. The molecule has 2 N–H and O–H groups in total. The quantitative estimate of drug-likeness (QED) is 0.241. The number of H-pyrrole nitrogens is 1. The number of fused-ring (bicyclic) bond motifs is 2. The maximum absolute atomic E-state index is 14.8. The van der Waals surface area contributed by atoms with E-state index in [1.807, 2.05) is 0 Å². The molecule has 182 valence electrons. The van der Waals surface area contributed by atoms with Crippen LogP contribution in [0.3, 0.4) is 0 Å². The molecule has 5 rings (SSSR count). The molecule has 2 heterocycles. The summed E-state index contributed by atoms with van der Waals surface area (Å²) in [5.74, 6) is -0.194. The average molecular weight is 532 g/mol. The van der Waals surface area contributed by atoms with E-state index in [2.05, 4.69) is 38.9 Å². The van der Waals surface area contributed by atoms with E-state index in [0.29, 0.717) is 39.0 Å². The Morgan fingerprint density at radius 2 is 1.97 bits per heavy atom. The first-order chi connectivity index (χ1) is 17.0. The number of hydrogen-bond acceptors (Lipinski definition) is 3. The maximum atomic E-state index is 14.8. The third-order valence-electron chi connectivity index (χ3n) is 6.09. The van der Waals surface area contributed by atoms with Crippen molar-refractivity contribution in [2.75, 3.05) is 29.3 Å². The predicted molar refractivity (Wildman–Crippen MR) is 142 cm³/mol. The Bertz CT molecular complexity index is 1390. The fourth-order valence-electron chi connectivity index (χ4n) is 4.42. The van der Waals surface area contributed by atoms with Gasteiger partial charge in [0.25, 0.3) is 0 Å². The molecular weight excluding hydrogens is 508 g/mol. The standard InChI is InChI=1S/C26H24Cl2FN3O2S/c27-19-9-10-22(26-25(19)20(28)16-30-26)31-35(33)24-11-8-18(15-21(24)29)34-14-4-13-32-12-3-6-17-5-1-2-7-23(17)32/h1-2,5,7-11,15-16,30-31H,3-4,6,12-14H2. The molecule has 1 aliphatic rings.